The van der Waals surface area contributed by atoms with Gasteiger partial charge in [-0.05, 0) is 66.0 Å². The normalized spacial score (nSPS) is 24.8. The molecule has 2 N–H and O–H groups in total. The maximum atomic E-state index is 11.9. The molecule has 0 aromatic heterocycles. The van der Waals surface area contributed by atoms with E-state index in [9.17, 15) is 4.79 Å². The van der Waals surface area contributed by atoms with Crippen molar-refractivity contribution in [3.8, 4) is 0 Å². The van der Waals surface area contributed by atoms with Crippen molar-refractivity contribution in [2.75, 3.05) is 26.7 Å². The highest BCUT2D eigenvalue weighted by Gasteiger charge is 2.33. The molecule has 1 heterocycles. The highest BCUT2D eigenvalue weighted by Crippen LogP contribution is 2.32. The number of hydrogen-bond acceptors (Lipinski definition) is 4. The number of carbonyl (C=O) groups is 1. The van der Waals surface area contributed by atoms with Crippen LogP contribution in [0.25, 0.3) is 0 Å². The van der Waals surface area contributed by atoms with Crippen LogP contribution in [-0.4, -0.2) is 55.4 Å². The second-order valence-electron chi connectivity index (χ2n) is 7.88. The molecule has 2 fully saturated rings. The zero-order valence-electron chi connectivity index (χ0n) is 14.7. The van der Waals surface area contributed by atoms with Gasteiger partial charge in [-0.1, -0.05) is 6.42 Å². The Labute approximate surface area is 135 Å². The molecule has 2 aliphatic rings. The largest absolute Gasteiger partial charge is 0.444 e. The van der Waals surface area contributed by atoms with E-state index in [1.54, 1.807) is 0 Å². The summed E-state index contributed by atoms with van der Waals surface area (Å²) in [5.74, 6) is 0.615. The number of nitrogens with zero attached hydrogens (tertiary/aromatic N) is 1. The number of piperidine rings is 1. The van der Waals surface area contributed by atoms with Gasteiger partial charge in [-0.3, -0.25) is 0 Å². The standard InChI is InChI=1S/C17H33N3O2/c1-17(2,3)22-16(21)19-15(13-8-9-13)12-18-11-14-7-5-6-10-20(14)4/h13-15,18H,5-12H2,1-4H3,(H,19,21). The molecule has 2 rings (SSSR count). The van der Waals surface area contributed by atoms with Gasteiger partial charge in [0.25, 0.3) is 0 Å². The lowest BCUT2D eigenvalue weighted by Crippen LogP contribution is -2.49. The first-order valence-corrected chi connectivity index (χ1v) is 8.75. The van der Waals surface area contributed by atoms with Crippen LogP contribution in [-0.2, 0) is 4.74 Å². The predicted octanol–water partition coefficient (Wildman–Crippen LogP) is 2.36. The van der Waals surface area contributed by atoms with Crippen LogP contribution in [0.4, 0.5) is 4.79 Å². The summed E-state index contributed by atoms with van der Waals surface area (Å²) in [6, 6.07) is 0.832. The highest BCUT2D eigenvalue weighted by atomic mass is 16.6. The zero-order chi connectivity index (χ0) is 16.2. The van der Waals surface area contributed by atoms with Crippen molar-refractivity contribution in [3.05, 3.63) is 0 Å². The van der Waals surface area contributed by atoms with Gasteiger partial charge < -0.3 is 20.3 Å². The summed E-state index contributed by atoms with van der Waals surface area (Å²) in [6.07, 6.45) is 6.06. The molecule has 2 unspecified atom stereocenters. The van der Waals surface area contributed by atoms with Crippen LogP contribution in [0, 0.1) is 5.92 Å². The number of ether oxygens (including phenoxy) is 1. The number of amides is 1. The fourth-order valence-corrected chi connectivity index (χ4v) is 3.10. The van der Waals surface area contributed by atoms with E-state index < -0.39 is 5.60 Å². The zero-order valence-corrected chi connectivity index (χ0v) is 14.7. The molecule has 0 radical (unpaired) electrons. The van der Waals surface area contributed by atoms with Gasteiger partial charge in [-0.15, -0.1) is 0 Å². The number of likely N-dealkylation sites (N-methyl/N-ethyl adjacent to an activating group) is 1. The van der Waals surface area contributed by atoms with E-state index in [2.05, 4.69) is 22.6 Å². The lowest BCUT2D eigenvalue weighted by atomic mass is 10.0. The molecular weight excluding hydrogens is 278 g/mol. The van der Waals surface area contributed by atoms with E-state index in [0.717, 1.165) is 13.1 Å². The van der Waals surface area contributed by atoms with Crippen molar-refractivity contribution in [3.63, 3.8) is 0 Å². The summed E-state index contributed by atoms with van der Waals surface area (Å²) >= 11 is 0. The van der Waals surface area contributed by atoms with Crippen molar-refractivity contribution >= 4 is 6.09 Å². The summed E-state index contributed by atoms with van der Waals surface area (Å²) in [5, 5.41) is 6.61. The second-order valence-corrected chi connectivity index (χ2v) is 7.88. The summed E-state index contributed by atoms with van der Waals surface area (Å²) in [7, 11) is 2.21. The minimum absolute atomic E-state index is 0.198. The summed E-state index contributed by atoms with van der Waals surface area (Å²) < 4.78 is 5.37. The molecule has 22 heavy (non-hydrogen) atoms. The van der Waals surface area contributed by atoms with E-state index in [4.69, 9.17) is 4.74 Å². The first-order valence-electron chi connectivity index (χ1n) is 8.75. The molecule has 5 heteroatoms. The molecule has 0 bridgehead atoms. The molecule has 0 aromatic rings. The van der Waals surface area contributed by atoms with Crippen molar-refractivity contribution in [2.45, 2.75) is 70.6 Å². The molecule has 2 atom stereocenters. The quantitative estimate of drug-likeness (QED) is 0.791. The first-order chi connectivity index (χ1) is 10.3. The lowest BCUT2D eigenvalue weighted by molar-refractivity contribution is 0.0497. The molecule has 1 aliphatic heterocycles. The van der Waals surface area contributed by atoms with Crippen LogP contribution in [0.1, 0.15) is 52.9 Å². The van der Waals surface area contributed by atoms with E-state index in [1.807, 2.05) is 20.8 Å². The fourth-order valence-electron chi connectivity index (χ4n) is 3.10. The molecule has 0 aromatic carbocycles. The average Bonchev–Trinajstić information content (AvgIpc) is 3.22. The first kappa shape index (κ1) is 17.5. The lowest BCUT2D eigenvalue weighted by Gasteiger charge is -2.33. The van der Waals surface area contributed by atoms with Crippen molar-refractivity contribution < 1.29 is 9.53 Å². The summed E-state index contributed by atoms with van der Waals surface area (Å²) in [4.78, 5) is 14.4. The van der Waals surface area contributed by atoms with Gasteiger partial charge in [0.05, 0.1) is 0 Å². The van der Waals surface area contributed by atoms with E-state index in [1.165, 1.54) is 38.6 Å². The Balaban J connectivity index is 1.71. The highest BCUT2D eigenvalue weighted by molar-refractivity contribution is 5.68. The molecule has 128 valence electrons. The Morgan fingerprint density at radius 2 is 2.00 bits per heavy atom. The van der Waals surface area contributed by atoms with Gasteiger partial charge in [0.2, 0.25) is 0 Å². The van der Waals surface area contributed by atoms with Crippen LogP contribution >= 0.6 is 0 Å². The summed E-state index contributed by atoms with van der Waals surface area (Å²) in [6.45, 7) is 8.75. The van der Waals surface area contributed by atoms with Gasteiger partial charge in [0, 0.05) is 25.2 Å². The average molecular weight is 311 g/mol. The molecule has 1 amide bonds. The third kappa shape index (κ3) is 6.13. The number of hydrogen-bond donors (Lipinski definition) is 2. The SMILES string of the molecule is CN1CCCCC1CNCC(NC(=O)OC(C)(C)C)C1CC1. The predicted molar refractivity (Wildman–Crippen MR) is 89.0 cm³/mol. The van der Waals surface area contributed by atoms with Crippen molar-refractivity contribution in [2.24, 2.45) is 5.92 Å². The van der Waals surface area contributed by atoms with Gasteiger partial charge in [-0.25, -0.2) is 4.79 Å². The Kier molecular flexibility index (Phi) is 6.09. The molecule has 0 spiro atoms. The molecule has 5 nitrogen and oxygen atoms in total. The van der Waals surface area contributed by atoms with Gasteiger partial charge in [-0.2, -0.15) is 0 Å². The second kappa shape index (κ2) is 7.64. The number of rotatable bonds is 6. The maximum absolute atomic E-state index is 11.9. The van der Waals surface area contributed by atoms with Crippen LogP contribution in [0.15, 0.2) is 0 Å². The molecule has 1 saturated heterocycles. The maximum Gasteiger partial charge on any atom is 0.407 e. The number of carbonyl (C=O) groups excluding carboxylic acids is 1. The number of nitrogens with one attached hydrogen (secondary N) is 2. The van der Waals surface area contributed by atoms with Crippen LogP contribution in [0.2, 0.25) is 0 Å². The van der Waals surface area contributed by atoms with Gasteiger partial charge in [0.15, 0.2) is 0 Å². The topological polar surface area (TPSA) is 53.6 Å². The smallest absolute Gasteiger partial charge is 0.407 e. The third-order valence-electron chi connectivity index (χ3n) is 4.56. The molecular formula is C17H33N3O2. The Morgan fingerprint density at radius 3 is 2.59 bits per heavy atom. The van der Waals surface area contributed by atoms with Gasteiger partial charge in [0.1, 0.15) is 5.60 Å². The van der Waals surface area contributed by atoms with Crippen LogP contribution in [0.3, 0.4) is 0 Å². The fraction of sp³-hybridized carbons (Fsp3) is 0.941. The minimum atomic E-state index is -0.434. The third-order valence-corrected chi connectivity index (χ3v) is 4.56. The van der Waals surface area contributed by atoms with Crippen LogP contribution in [0.5, 0.6) is 0 Å². The molecule has 1 saturated carbocycles. The minimum Gasteiger partial charge on any atom is -0.444 e. The van der Waals surface area contributed by atoms with E-state index in [0.29, 0.717) is 12.0 Å². The van der Waals surface area contributed by atoms with Crippen LogP contribution < -0.4 is 10.6 Å². The van der Waals surface area contributed by atoms with E-state index >= 15 is 0 Å². The van der Waals surface area contributed by atoms with Crippen molar-refractivity contribution in [1.29, 1.82) is 0 Å². The Hall–Kier alpha value is -0.810. The molecule has 1 aliphatic carbocycles. The van der Waals surface area contributed by atoms with E-state index in [-0.39, 0.29) is 12.1 Å². The number of alkyl carbamates (subject to hydrolysis) is 1. The van der Waals surface area contributed by atoms with Gasteiger partial charge >= 0.3 is 6.09 Å². The Morgan fingerprint density at radius 1 is 1.27 bits per heavy atom. The number of likely N-dealkylation sites (tertiary alicyclic amines) is 1. The monoisotopic (exact) mass is 311 g/mol. The summed E-state index contributed by atoms with van der Waals surface area (Å²) in [5.41, 5.74) is -0.434. The Bertz CT molecular complexity index is 363. The van der Waals surface area contributed by atoms with Crippen molar-refractivity contribution in [1.82, 2.24) is 15.5 Å².